The maximum atomic E-state index is 11.1. The van der Waals surface area contributed by atoms with Crippen LogP contribution in [-0.2, 0) is 0 Å². The quantitative estimate of drug-likeness (QED) is 0.704. The SMILES string of the molecule is NC(CNc1nc[nH]c(=O)c1Cl)C1CC1. The summed E-state index contributed by atoms with van der Waals surface area (Å²) >= 11 is 5.76. The Kier molecular flexibility index (Phi) is 2.93. The minimum Gasteiger partial charge on any atom is -0.367 e. The molecule has 82 valence electrons. The molecule has 0 bridgehead atoms. The molecule has 0 aliphatic heterocycles. The molecule has 0 radical (unpaired) electrons. The summed E-state index contributed by atoms with van der Waals surface area (Å²) < 4.78 is 0. The minimum absolute atomic E-state index is 0.0838. The van der Waals surface area contributed by atoms with Gasteiger partial charge >= 0.3 is 0 Å². The van der Waals surface area contributed by atoms with Crippen LogP contribution in [0.4, 0.5) is 5.82 Å². The molecule has 15 heavy (non-hydrogen) atoms. The monoisotopic (exact) mass is 228 g/mol. The lowest BCUT2D eigenvalue weighted by molar-refractivity contribution is 0.620. The maximum Gasteiger partial charge on any atom is 0.271 e. The van der Waals surface area contributed by atoms with Crippen molar-refractivity contribution in [2.75, 3.05) is 11.9 Å². The molecule has 1 aliphatic carbocycles. The molecule has 0 aromatic carbocycles. The summed E-state index contributed by atoms with van der Waals surface area (Å²) in [4.78, 5) is 17.5. The third-order valence-electron chi connectivity index (χ3n) is 2.53. The average Bonchev–Trinajstić information content (AvgIpc) is 3.03. The summed E-state index contributed by atoms with van der Waals surface area (Å²) in [5.74, 6) is 1.01. The zero-order chi connectivity index (χ0) is 10.8. The van der Waals surface area contributed by atoms with Gasteiger partial charge < -0.3 is 16.0 Å². The summed E-state index contributed by atoms with van der Waals surface area (Å²) in [6, 6.07) is 0.113. The van der Waals surface area contributed by atoms with Gasteiger partial charge in [-0.05, 0) is 18.8 Å². The zero-order valence-electron chi connectivity index (χ0n) is 8.16. The van der Waals surface area contributed by atoms with Crippen molar-refractivity contribution in [1.82, 2.24) is 9.97 Å². The topological polar surface area (TPSA) is 83.8 Å². The van der Waals surface area contributed by atoms with E-state index in [1.54, 1.807) is 0 Å². The molecule has 1 aromatic rings. The number of nitrogens with zero attached hydrogens (tertiary/aromatic N) is 1. The van der Waals surface area contributed by atoms with Gasteiger partial charge in [0, 0.05) is 12.6 Å². The maximum absolute atomic E-state index is 11.1. The van der Waals surface area contributed by atoms with E-state index in [0.29, 0.717) is 18.3 Å². The molecule has 1 aromatic heterocycles. The number of anilines is 1. The lowest BCUT2D eigenvalue weighted by Crippen LogP contribution is -2.31. The Morgan fingerprint density at radius 1 is 1.73 bits per heavy atom. The van der Waals surface area contributed by atoms with E-state index >= 15 is 0 Å². The van der Waals surface area contributed by atoms with Crippen molar-refractivity contribution >= 4 is 17.4 Å². The first kappa shape index (κ1) is 10.4. The number of aromatic amines is 1. The summed E-state index contributed by atoms with van der Waals surface area (Å²) in [5.41, 5.74) is 5.56. The van der Waals surface area contributed by atoms with Crippen molar-refractivity contribution < 1.29 is 0 Å². The Bertz CT molecular complexity index is 401. The van der Waals surface area contributed by atoms with E-state index in [-0.39, 0.29) is 16.6 Å². The molecule has 6 heteroatoms. The van der Waals surface area contributed by atoms with Gasteiger partial charge in [-0.3, -0.25) is 4.79 Å². The largest absolute Gasteiger partial charge is 0.367 e. The number of H-pyrrole nitrogens is 1. The first-order valence-electron chi connectivity index (χ1n) is 4.91. The number of rotatable bonds is 4. The Balaban J connectivity index is 1.98. The molecule has 1 atom stereocenters. The van der Waals surface area contributed by atoms with E-state index in [1.807, 2.05) is 0 Å². The molecule has 5 nitrogen and oxygen atoms in total. The smallest absolute Gasteiger partial charge is 0.271 e. The van der Waals surface area contributed by atoms with Crippen LogP contribution in [-0.4, -0.2) is 22.6 Å². The second-order valence-electron chi connectivity index (χ2n) is 3.78. The lowest BCUT2D eigenvalue weighted by Gasteiger charge is -2.12. The second-order valence-corrected chi connectivity index (χ2v) is 4.15. The van der Waals surface area contributed by atoms with Gasteiger partial charge in [-0.2, -0.15) is 0 Å². The van der Waals surface area contributed by atoms with Gasteiger partial charge in [0.05, 0.1) is 6.33 Å². The van der Waals surface area contributed by atoms with Crippen LogP contribution in [0.1, 0.15) is 12.8 Å². The van der Waals surface area contributed by atoms with E-state index < -0.39 is 0 Å². The summed E-state index contributed by atoms with van der Waals surface area (Å²) in [5, 5.41) is 3.07. The molecule has 0 amide bonds. The Morgan fingerprint density at radius 3 is 3.13 bits per heavy atom. The van der Waals surface area contributed by atoms with Crippen LogP contribution < -0.4 is 16.6 Å². The van der Waals surface area contributed by atoms with Gasteiger partial charge in [-0.25, -0.2) is 4.98 Å². The van der Waals surface area contributed by atoms with Crippen LogP contribution >= 0.6 is 11.6 Å². The number of hydrogen-bond acceptors (Lipinski definition) is 4. The molecule has 4 N–H and O–H groups in total. The van der Waals surface area contributed by atoms with Crippen LogP contribution in [0, 0.1) is 5.92 Å². The number of aromatic nitrogens is 2. The zero-order valence-corrected chi connectivity index (χ0v) is 8.92. The predicted molar refractivity (Wildman–Crippen MR) is 59.1 cm³/mol. The Morgan fingerprint density at radius 2 is 2.47 bits per heavy atom. The number of halogens is 1. The standard InChI is InChI=1S/C9H13ClN4O/c10-7-8(13-4-14-9(7)15)12-3-6(11)5-1-2-5/h4-6H,1-3,11H2,(H2,12,13,14,15). The molecule has 1 aliphatic rings. The molecule has 1 fully saturated rings. The van der Waals surface area contributed by atoms with Crippen molar-refractivity contribution in [2.45, 2.75) is 18.9 Å². The highest BCUT2D eigenvalue weighted by molar-refractivity contribution is 6.32. The second kappa shape index (κ2) is 4.20. The minimum atomic E-state index is -0.339. The normalized spacial score (nSPS) is 17.5. The van der Waals surface area contributed by atoms with E-state index in [2.05, 4.69) is 15.3 Å². The van der Waals surface area contributed by atoms with Crippen molar-refractivity contribution in [3.63, 3.8) is 0 Å². The summed E-state index contributed by atoms with van der Waals surface area (Å²) in [6.45, 7) is 0.598. The fourth-order valence-corrected chi connectivity index (χ4v) is 1.58. The molecular weight excluding hydrogens is 216 g/mol. The highest BCUT2D eigenvalue weighted by Crippen LogP contribution is 2.31. The number of nitrogens with two attached hydrogens (primary N) is 1. The van der Waals surface area contributed by atoms with E-state index in [4.69, 9.17) is 17.3 Å². The van der Waals surface area contributed by atoms with Gasteiger partial charge in [0.15, 0.2) is 5.82 Å². The van der Waals surface area contributed by atoms with E-state index in [9.17, 15) is 4.79 Å². The fraction of sp³-hybridized carbons (Fsp3) is 0.556. The molecule has 0 saturated heterocycles. The highest BCUT2D eigenvalue weighted by atomic mass is 35.5. The fourth-order valence-electron chi connectivity index (χ4n) is 1.41. The molecule has 0 spiro atoms. The third kappa shape index (κ3) is 2.49. The van der Waals surface area contributed by atoms with Crippen molar-refractivity contribution in [2.24, 2.45) is 11.7 Å². The predicted octanol–water partition coefficient (Wildman–Crippen LogP) is 0.572. The van der Waals surface area contributed by atoms with E-state index in [1.165, 1.54) is 19.2 Å². The van der Waals surface area contributed by atoms with Crippen molar-refractivity contribution in [3.8, 4) is 0 Å². The Labute approximate surface area is 92.0 Å². The van der Waals surface area contributed by atoms with E-state index in [0.717, 1.165) is 0 Å². The molecular formula is C9H13ClN4O. The van der Waals surface area contributed by atoms with Crippen molar-refractivity contribution in [1.29, 1.82) is 0 Å². The number of hydrogen-bond donors (Lipinski definition) is 3. The van der Waals surface area contributed by atoms with Gasteiger partial charge in [0.25, 0.3) is 5.56 Å². The van der Waals surface area contributed by atoms with Gasteiger partial charge in [0.1, 0.15) is 5.02 Å². The van der Waals surface area contributed by atoms with Crippen LogP contribution in [0.2, 0.25) is 5.02 Å². The van der Waals surface area contributed by atoms with Gasteiger partial charge in [-0.1, -0.05) is 11.6 Å². The lowest BCUT2D eigenvalue weighted by atomic mass is 10.2. The molecule has 1 unspecified atom stereocenters. The molecule has 1 saturated carbocycles. The first-order valence-corrected chi connectivity index (χ1v) is 5.29. The summed E-state index contributed by atoms with van der Waals surface area (Å²) in [7, 11) is 0. The number of nitrogens with one attached hydrogen (secondary N) is 2. The molecule has 2 rings (SSSR count). The van der Waals surface area contributed by atoms with Crippen LogP contribution in [0.15, 0.2) is 11.1 Å². The van der Waals surface area contributed by atoms with Gasteiger partial charge in [-0.15, -0.1) is 0 Å². The van der Waals surface area contributed by atoms with Crippen LogP contribution in [0.3, 0.4) is 0 Å². The third-order valence-corrected chi connectivity index (χ3v) is 2.88. The van der Waals surface area contributed by atoms with Crippen molar-refractivity contribution in [3.05, 3.63) is 21.7 Å². The van der Waals surface area contributed by atoms with Gasteiger partial charge in [0.2, 0.25) is 0 Å². The Hall–Kier alpha value is -1.07. The average molecular weight is 229 g/mol. The van der Waals surface area contributed by atoms with Crippen LogP contribution in [0.5, 0.6) is 0 Å². The summed E-state index contributed by atoms with van der Waals surface area (Å²) in [6.07, 6.45) is 3.71. The van der Waals surface area contributed by atoms with Crippen LogP contribution in [0.25, 0.3) is 0 Å². The highest BCUT2D eigenvalue weighted by Gasteiger charge is 2.28. The molecule has 1 heterocycles. The first-order chi connectivity index (χ1) is 7.18.